The predicted octanol–water partition coefficient (Wildman–Crippen LogP) is 7.60. The fourth-order valence-corrected chi connectivity index (χ4v) is 5.30. The lowest BCUT2D eigenvalue weighted by atomic mass is 9.75. The van der Waals surface area contributed by atoms with Crippen LogP contribution in [0.25, 0.3) is 21.9 Å². The van der Waals surface area contributed by atoms with E-state index in [1.165, 1.54) is 16.7 Å². The topological polar surface area (TPSA) is 47.9 Å². The molecular formula is C34H38O4. The zero-order valence-electron chi connectivity index (χ0n) is 22.7. The molecular weight excluding hydrogens is 472 g/mol. The van der Waals surface area contributed by atoms with Crippen LogP contribution in [0.4, 0.5) is 0 Å². The fraction of sp³-hybridized carbons (Fsp3) is 0.294. The summed E-state index contributed by atoms with van der Waals surface area (Å²) in [4.78, 5) is 0. The Morgan fingerprint density at radius 3 is 2.47 bits per heavy atom. The Balaban J connectivity index is 1.91. The van der Waals surface area contributed by atoms with Crippen molar-refractivity contribution < 1.29 is 19.3 Å². The molecule has 1 aliphatic carbocycles. The summed E-state index contributed by atoms with van der Waals surface area (Å²) in [5, 5.41) is 11.7. The van der Waals surface area contributed by atoms with Crippen LogP contribution in [-0.4, -0.2) is 38.6 Å². The summed E-state index contributed by atoms with van der Waals surface area (Å²) in [6, 6.07) is 22.9. The van der Waals surface area contributed by atoms with E-state index in [-0.39, 0.29) is 18.6 Å². The van der Waals surface area contributed by atoms with E-state index in [0.29, 0.717) is 24.7 Å². The van der Waals surface area contributed by atoms with Crippen molar-refractivity contribution in [3.05, 3.63) is 114 Å². The number of hydrogen-bond donors (Lipinski definition) is 1. The Morgan fingerprint density at radius 1 is 1.00 bits per heavy atom. The summed E-state index contributed by atoms with van der Waals surface area (Å²) in [5.74, 6) is 1.27. The van der Waals surface area contributed by atoms with Gasteiger partial charge in [-0.3, -0.25) is 0 Å². The van der Waals surface area contributed by atoms with Gasteiger partial charge in [0.2, 0.25) is 0 Å². The van der Waals surface area contributed by atoms with Crippen LogP contribution >= 0.6 is 0 Å². The number of benzene rings is 3. The van der Waals surface area contributed by atoms with Crippen LogP contribution in [0.1, 0.15) is 37.8 Å². The van der Waals surface area contributed by atoms with E-state index < -0.39 is 0 Å². The number of hydrogen-bond acceptors (Lipinski definition) is 4. The van der Waals surface area contributed by atoms with Crippen molar-refractivity contribution in [2.45, 2.75) is 26.7 Å². The summed E-state index contributed by atoms with van der Waals surface area (Å²) < 4.78 is 17.5. The second-order valence-corrected chi connectivity index (χ2v) is 9.52. The molecule has 4 nitrogen and oxygen atoms in total. The zero-order chi connectivity index (χ0) is 27.0. The first kappa shape index (κ1) is 27.4. The summed E-state index contributed by atoms with van der Waals surface area (Å²) in [6.07, 6.45) is 8.66. The van der Waals surface area contributed by atoms with Gasteiger partial charge in [0.15, 0.2) is 0 Å². The first-order chi connectivity index (χ1) is 18.6. The normalized spacial score (nSPS) is 18.6. The third kappa shape index (κ3) is 5.77. The van der Waals surface area contributed by atoms with E-state index in [2.05, 4.69) is 87.2 Å². The van der Waals surface area contributed by atoms with Crippen molar-refractivity contribution in [1.29, 1.82) is 0 Å². The van der Waals surface area contributed by atoms with Gasteiger partial charge >= 0.3 is 0 Å². The zero-order valence-corrected chi connectivity index (χ0v) is 22.7. The summed E-state index contributed by atoms with van der Waals surface area (Å²) in [5.41, 5.74) is 5.42. The molecule has 0 spiro atoms. The molecule has 1 aliphatic rings. The Kier molecular flexibility index (Phi) is 9.22. The number of rotatable bonds is 12. The standard InChI is InChI=1S/C34H38O4/c1-5-29-22-28(26-12-8-7-9-13-26)23-34(29,6-2)24-31(25(3)37-21-20-36-4)33-30-15-11-10-14-27(30)16-17-32(33)38-19-18-35/h5,7-17,22,24,35H,3,6,18-21,23H2,1-2,4H3/b29-5-,31-24-. The van der Waals surface area contributed by atoms with Gasteiger partial charge in [0.25, 0.3) is 0 Å². The minimum absolute atomic E-state index is 0.0669. The maximum Gasteiger partial charge on any atom is 0.128 e. The molecule has 0 aliphatic heterocycles. The lowest BCUT2D eigenvalue weighted by molar-refractivity contribution is 0.116. The molecule has 38 heavy (non-hydrogen) atoms. The van der Waals surface area contributed by atoms with Crippen LogP contribution in [0.15, 0.2) is 103 Å². The van der Waals surface area contributed by atoms with Gasteiger partial charge in [-0.1, -0.05) is 92.4 Å². The number of ether oxygens (including phenoxy) is 3. The lowest BCUT2D eigenvalue weighted by Crippen LogP contribution is -2.17. The van der Waals surface area contributed by atoms with Crippen molar-refractivity contribution in [3.63, 3.8) is 0 Å². The molecule has 4 rings (SSSR count). The molecule has 0 radical (unpaired) electrons. The second kappa shape index (κ2) is 12.8. The van der Waals surface area contributed by atoms with Crippen molar-refractivity contribution in [2.24, 2.45) is 5.41 Å². The molecule has 3 aromatic rings. The van der Waals surface area contributed by atoms with Crippen molar-refractivity contribution >= 4 is 21.9 Å². The average molecular weight is 511 g/mol. The van der Waals surface area contributed by atoms with Gasteiger partial charge in [-0.05, 0) is 53.3 Å². The van der Waals surface area contributed by atoms with Crippen LogP contribution in [-0.2, 0) is 9.47 Å². The Labute approximate surface area is 226 Å². The van der Waals surface area contributed by atoms with Gasteiger partial charge in [0, 0.05) is 23.7 Å². The number of aliphatic hydroxyl groups is 1. The number of fused-ring (bicyclic) bond motifs is 1. The molecule has 0 fully saturated rings. The fourth-order valence-electron chi connectivity index (χ4n) is 5.30. The largest absolute Gasteiger partial charge is 0.491 e. The van der Waals surface area contributed by atoms with Gasteiger partial charge in [-0.15, -0.1) is 0 Å². The van der Waals surface area contributed by atoms with Gasteiger partial charge in [0.05, 0.1) is 13.2 Å². The minimum atomic E-state index is -0.242. The smallest absolute Gasteiger partial charge is 0.128 e. The molecule has 1 unspecified atom stereocenters. The van der Waals surface area contributed by atoms with Gasteiger partial charge in [-0.2, -0.15) is 0 Å². The Bertz CT molecular complexity index is 1350. The first-order valence-corrected chi connectivity index (χ1v) is 13.3. The predicted molar refractivity (Wildman–Crippen MR) is 157 cm³/mol. The number of aliphatic hydroxyl groups excluding tert-OH is 1. The summed E-state index contributed by atoms with van der Waals surface area (Å²) in [7, 11) is 1.66. The first-order valence-electron chi connectivity index (χ1n) is 13.3. The van der Waals surface area contributed by atoms with Gasteiger partial charge in [-0.25, -0.2) is 0 Å². The molecule has 198 valence electrons. The minimum Gasteiger partial charge on any atom is -0.491 e. The Morgan fingerprint density at radius 2 is 1.76 bits per heavy atom. The molecule has 0 heterocycles. The molecule has 0 saturated heterocycles. The van der Waals surface area contributed by atoms with Crippen LogP contribution in [0.5, 0.6) is 5.75 Å². The average Bonchev–Trinajstić information content (AvgIpc) is 3.34. The van der Waals surface area contributed by atoms with E-state index in [1.54, 1.807) is 7.11 Å². The molecule has 0 bridgehead atoms. The summed E-state index contributed by atoms with van der Waals surface area (Å²) in [6.45, 7) is 9.72. The van der Waals surface area contributed by atoms with Crippen molar-refractivity contribution in [1.82, 2.24) is 0 Å². The molecule has 4 heteroatoms. The number of allylic oxidation sites excluding steroid dienone is 6. The molecule has 0 amide bonds. The third-order valence-electron chi connectivity index (χ3n) is 7.29. The molecule has 3 aromatic carbocycles. The summed E-state index contributed by atoms with van der Waals surface area (Å²) >= 11 is 0. The van der Waals surface area contributed by atoms with E-state index in [9.17, 15) is 5.11 Å². The highest BCUT2D eigenvalue weighted by Crippen LogP contribution is 2.51. The molecule has 0 saturated carbocycles. The number of methoxy groups -OCH3 is 1. The van der Waals surface area contributed by atoms with Crippen LogP contribution in [0.2, 0.25) is 0 Å². The van der Waals surface area contributed by atoms with E-state index >= 15 is 0 Å². The highest BCUT2D eigenvalue weighted by Gasteiger charge is 2.37. The molecule has 1 atom stereocenters. The van der Waals surface area contributed by atoms with Crippen LogP contribution < -0.4 is 4.74 Å². The van der Waals surface area contributed by atoms with Crippen molar-refractivity contribution in [2.75, 3.05) is 33.5 Å². The lowest BCUT2D eigenvalue weighted by Gasteiger charge is -2.30. The second-order valence-electron chi connectivity index (χ2n) is 9.52. The maximum absolute atomic E-state index is 9.53. The SMILES string of the molecule is C=C(OCCOC)/C(=C/C1(CC)CC(c2ccccc2)=C/C1=C/C)c1c(OCCO)ccc2ccccc12. The van der Waals surface area contributed by atoms with Crippen LogP contribution in [0, 0.1) is 5.41 Å². The highest BCUT2D eigenvalue weighted by atomic mass is 16.5. The third-order valence-corrected chi connectivity index (χ3v) is 7.29. The maximum atomic E-state index is 9.53. The highest BCUT2D eigenvalue weighted by molar-refractivity contribution is 6.00. The molecule has 0 aromatic heterocycles. The Hall–Kier alpha value is -3.60. The van der Waals surface area contributed by atoms with E-state index in [0.717, 1.165) is 34.8 Å². The van der Waals surface area contributed by atoms with Crippen LogP contribution in [0.3, 0.4) is 0 Å². The molecule has 1 N–H and O–H groups in total. The van der Waals surface area contributed by atoms with Gasteiger partial charge < -0.3 is 19.3 Å². The van der Waals surface area contributed by atoms with E-state index in [4.69, 9.17) is 14.2 Å². The monoisotopic (exact) mass is 510 g/mol. The van der Waals surface area contributed by atoms with Gasteiger partial charge in [0.1, 0.15) is 24.7 Å². The quantitative estimate of drug-likeness (QED) is 0.155. The van der Waals surface area contributed by atoms with E-state index in [1.807, 2.05) is 18.2 Å². The van der Waals surface area contributed by atoms with Crippen molar-refractivity contribution in [3.8, 4) is 5.75 Å².